The Bertz CT molecular complexity index is 447. The summed E-state index contributed by atoms with van der Waals surface area (Å²) < 4.78 is 1.91. The van der Waals surface area contributed by atoms with Crippen LogP contribution in [0, 0.1) is 6.92 Å². The molecule has 0 saturated carbocycles. The molecule has 0 bridgehead atoms. The number of nitrogens with zero attached hydrogens (tertiary/aromatic N) is 3. The molecule has 0 aromatic carbocycles. The van der Waals surface area contributed by atoms with Crippen LogP contribution < -0.4 is 0 Å². The molecule has 2 aromatic heterocycles. The third kappa shape index (κ3) is 1.29. The Morgan fingerprint density at radius 3 is 3.00 bits per heavy atom. The number of hydrogen-bond donors (Lipinski definition) is 0. The van der Waals surface area contributed by atoms with Crippen molar-refractivity contribution in [3.63, 3.8) is 0 Å². The van der Waals surface area contributed by atoms with Crippen LogP contribution in [0.15, 0.2) is 12.3 Å². The molecular weight excluding hydrogens is 186 g/mol. The lowest BCUT2D eigenvalue weighted by atomic mass is 10.2. The zero-order valence-corrected chi connectivity index (χ0v) is 8.34. The zero-order valence-electron chi connectivity index (χ0n) is 7.58. The lowest BCUT2D eigenvalue weighted by Crippen LogP contribution is -1.95. The number of halogens is 1. The van der Waals surface area contributed by atoms with E-state index in [4.69, 9.17) is 11.6 Å². The summed E-state index contributed by atoms with van der Waals surface area (Å²) in [4.78, 5) is 4.16. The largest absolute Gasteiger partial charge is 0.265 e. The van der Waals surface area contributed by atoms with Gasteiger partial charge in [0, 0.05) is 18.0 Å². The van der Waals surface area contributed by atoms with Crippen molar-refractivity contribution in [2.45, 2.75) is 20.4 Å². The van der Waals surface area contributed by atoms with Crippen molar-refractivity contribution < 1.29 is 0 Å². The number of aromatic nitrogens is 3. The second-order valence-electron chi connectivity index (χ2n) is 2.92. The van der Waals surface area contributed by atoms with Crippen molar-refractivity contribution in [2.24, 2.45) is 0 Å². The SMILES string of the molecule is CCn1ncc2c(C)nc(Cl)cc21. The van der Waals surface area contributed by atoms with Gasteiger partial charge in [0.25, 0.3) is 0 Å². The van der Waals surface area contributed by atoms with Crippen LogP contribution in [-0.2, 0) is 6.54 Å². The Labute approximate surface area is 81.3 Å². The number of fused-ring (bicyclic) bond motifs is 1. The van der Waals surface area contributed by atoms with Crippen molar-refractivity contribution in [3.8, 4) is 0 Å². The highest BCUT2D eigenvalue weighted by Crippen LogP contribution is 2.19. The first-order chi connectivity index (χ1) is 6.22. The van der Waals surface area contributed by atoms with Crippen LogP contribution in [0.5, 0.6) is 0 Å². The highest BCUT2D eigenvalue weighted by Gasteiger charge is 2.05. The Balaban J connectivity index is 2.82. The van der Waals surface area contributed by atoms with Gasteiger partial charge in [-0.2, -0.15) is 5.10 Å². The predicted octanol–water partition coefficient (Wildman–Crippen LogP) is 2.41. The molecule has 0 unspecified atom stereocenters. The molecule has 0 saturated heterocycles. The van der Waals surface area contributed by atoms with Gasteiger partial charge in [0.2, 0.25) is 0 Å². The third-order valence-corrected chi connectivity index (χ3v) is 2.29. The minimum Gasteiger partial charge on any atom is -0.265 e. The second kappa shape index (κ2) is 3.00. The first-order valence-corrected chi connectivity index (χ1v) is 4.59. The van der Waals surface area contributed by atoms with E-state index < -0.39 is 0 Å². The van der Waals surface area contributed by atoms with Gasteiger partial charge in [-0.25, -0.2) is 4.98 Å². The minimum atomic E-state index is 0.528. The van der Waals surface area contributed by atoms with E-state index in [9.17, 15) is 0 Å². The Kier molecular flexibility index (Phi) is 1.96. The molecule has 0 aliphatic heterocycles. The van der Waals surface area contributed by atoms with Gasteiger partial charge in [0.15, 0.2) is 0 Å². The summed E-state index contributed by atoms with van der Waals surface area (Å²) in [5.74, 6) is 0. The van der Waals surface area contributed by atoms with E-state index in [1.54, 1.807) is 0 Å². The van der Waals surface area contributed by atoms with Gasteiger partial charge >= 0.3 is 0 Å². The minimum absolute atomic E-state index is 0.528. The standard InChI is InChI=1S/C9H10ClN3/c1-3-13-8-4-9(10)12-6(2)7(8)5-11-13/h4-5H,3H2,1-2H3. The molecule has 0 spiro atoms. The molecule has 0 radical (unpaired) electrons. The maximum absolute atomic E-state index is 5.86. The zero-order chi connectivity index (χ0) is 9.42. The summed E-state index contributed by atoms with van der Waals surface area (Å²) in [6.07, 6.45) is 1.83. The second-order valence-corrected chi connectivity index (χ2v) is 3.31. The van der Waals surface area contributed by atoms with E-state index in [1.807, 2.05) is 23.9 Å². The van der Waals surface area contributed by atoms with Crippen molar-refractivity contribution in [1.29, 1.82) is 0 Å². The van der Waals surface area contributed by atoms with Crippen LogP contribution in [0.2, 0.25) is 5.15 Å². The molecule has 0 aliphatic rings. The maximum Gasteiger partial charge on any atom is 0.131 e. The van der Waals surface area contributed by atoms with Crippen molar-refractivity contribution in [3.05, 3.63) is 23.1 Å². The Hall–Kier alpha value is -1.09. The number of pyridine rings is 1. The highest BCUT2D eigenvalue weighted by molar-refractivity contribution is 6.30. The topological polar surface area (TPSA) is 30.7 Å². The third-order valence-electron chi connectivity index (χ3n) is 2.10. The first kappa shape index (κ1) is 8.51. The van der Waals surface area contributed by atoms with Crippen molar-refractivity contribution in [2.75, 3.05) is 0 Å². The average molecular weight is 196 g/mol. The van der Waals surface area contributed by atoms with Crippen LogP contribution in [0.1, 0.15) is 12.6 Å². The summed E-state index contributed by atoms with van der Waals surface area (Å²) in [6.45, 7) is 4.84. The molecule has 2 rings (SSSR count). The Morgan fingerprint density at radius 2 is 2.31 bits per heavy atom. The maximum atomic E-state index is 5.86. The molecule has 2 aromatic rings. The van der Waals surface area contributed by atoms with Gasteiger partial charge in [0.05, 0.1) is 17.4 Å². The molecule has 2 heterocycles. The summed E-state index contributed by atoms with van der Waals surface area (Å²) in [6, 6.07) is 1.85. The number of aryl methyl sites for hydroxylation is 2. The van der Waals surface area contributed by atoms with Gasteiger partial charge in [-0.3, -0.25) is 4.68 Å². The molecular formula is C9H10ClN3. The first-order valence-electron chi connectivity index (χ1n) is 4.21. The quantitative estimate of drug-likeness (QED) is 0.655. The van der Waals surface area contributed by atoms with Gasteiger partial charge in [-0.05, 0) is 13.8 Å². The van der Waals surface area contributed by atoms with Crippen LogP contribution in [0.3, 0.4) is 0 Å². The molecule has 13 heavy (non-hydrogen) atoms. The van der Waals surface area contributed by atoms with E-state index >= 15 is 0 Å². The Morgan fingerprint density at radius 1 is 1.54 bits per heavy atom. The molecule has 68 valence electrons. The highest BCUT2D eigenvalue weighted by atomic mass is 35.5. The predicted molar refractivity (Wildman–Crippen MR) is 52.9 cm³/mol. The van der Waals surface area contributed by atoms with Crippen LogP contribution in [0.25, 0.3) is 10.9 Å². The fourth-order valence-electron chi connectivity index (χ4n) is 1.44. The summed E-state index contributed by atoms with van der Waals surface area (Å²) >= 11 is 5.86. The van der Waals surface area contributed by atoms with E-state index in [1.165, 1.54) is 0 Å². The van der Waals surface area contributed by atoms with Crippen LogP contribution in [0.4, 0.5) is 0 Å². The van der Waals surface area contributed by atoms with E-state index in [0.717, 1.165) is 23.1 Å². The van der Waals surface area contributed by atoms with Crippen LogP contribution in [-0.4, -0.2) is 14.8 Å². The van der Waals surface area contributed by atoms with Crippen LogP contribution >= 0.6 is 11.6 Å². The lowest BCUT2D eigenvalue weighted by molar-refractivity contribution is 0.684. The molecule has 3 nitrogen and oxygen atoms in total. The summed E-state index contributed by atoms with van der Waals surface area (Å²) in [7, 11) is 0. The molecule has 0 aliphatic carbocycles. The number of rotatable bonds is 1. The smallest absolute Gasteiger partial charge is 0.131 e. The monoisotopic (exact) mass is 195 g/mol. The molecule has 0 fully saturated rings. The average Bonchev–Trinajstić information content (AvgIpc) is 2.47. The fraction of sp³-hybridized carbons (Fsp3) is 0.333. The van der Waals surface area contributed by atoms with Crippen molar-refractivity contribution >= 4 is 22.5 Å². The molecule has 0 atom stereocenters. The molecule has 0 N–H and O–H groups in total. The summed E-state index contributed by atoms with van der Waals surface area (Å²) in [5.41, 5.74) is 1.99. The van der Waals surface area contributed by atoms with E-state index in [-0.39, 0.29) is 0 Å². The van der Waals surface area contributed by atoms with Gasteiger partial charge < -0.3 is 0 Å². The fourth-order valence-corrected chi connectivity index (χ4v) is 1.67. The van der Waals surface area contributed by atoms with Crippen molar-refractivity contribution in [1.82, 2.24) is 14.8 Å². The van der Waals surface area contributed by atoms with Gasteiger partial charge in [-0.15, -0.1) is 0 Å². The summed E-state index contributed by atoms with van der Waals surface area (Å²) in [5, 5.41) is 5.84. The van der Waals surface area contributed by atoms with Gasteiger partial charge in [0.1, 0.15) is 5.15 Å². The molecule has 4 heteroatoms. The van der Waals surface area contributed by atoms with E-state index in [2.05, 4.69) is 17.0 Å². The molecule has 0 amide bonds. The lowest BCUT2D eigenvalue weighted by Gasteiger charge is -2.00. The normalized spacial score (nSPS) is 11.0. The van der Waals surface area contributed by atoms with E-state index in [0.29, 0.717) is 5.15 Å². The van der Waals surface area contributed by atoms with Gasteiger partial charge in [-0.1, -0.05) is 11.6 Å². The number of hydrogen-bond acceptors (Lipinski definition) is 2.